The van der Waals surface area contributed by atoms with E-state index in [0.717, 1.165) is 12.8 Å². The number of aliphatic hydroxyl groups is 1. The fourth-order valence-corrected chi connectivity index (χ4v) is 1.89. The number of hydrogen-bond donors (Lipinski definition) is 1. The highest BCUT2D eigenvalue weighted by atomic mass is 16.5. The van der Waals surface area contributed by atoms with Gasteiger partial charge in [-0.2, -0.15) is 0 Å². The summed E-state index contributed by atoms with van der Waals surface area (Å²) in [7, 11) is 0. The Morgan fingerprint density at radius 3 is 2.50 bits per heavy atom. The van der Waals surface area contributed by atoms with Gasteiger partial charge in [0.15, 0.2) is 0 Å². The monoisotopic (exact) mass is 170 g/mol. The van der Waals surface area contributed by atoms with Gasteiger partial charge in [0, 0.05) is 5.41 Å². The first-order valence-electron chi connectivity index (χ1n) is 4.66. The van der Waals surface area contributed by atoms with Crippen molar-refractivity contribution in [1.82, 2.24) is 0 Å². The average Bonchev–Trinajstić information content (AvgIpc) is 2.16. The zero-order chi connectivity index (χ0) is 8.86. The van der Waals surface area contributed by atoms with E-state index < -0.39 is 0 Å². The molecule has 1 aliphatic carbocycles. The fourth-order valence-electron chi connectivity index (χ4n) is 1.89. The van der Waals surface area contributed by atoms with Crippen LogP contribution in [0.25, 0.3) is 0 Å². The smallest absolute Gasteiger partial charge is 0.0951 e. The van der Waals surface area contributed by atoms with Crippen LogP contribution in [0.3, 0.4) is 0 Å². The number of ether oxygens (including phenoxy) is 1. The molecule has 0 amide bonds. The Hall–Kier alpha value is -0.500. The second-order valence-electron chi connectivity index (χ2n) is 3.70. The summed E-state index contributed by atoms with van der Waals surface area (Å²) in [6.07, 6.45) is 7.40. The summed E-state index contributed by atoms with van der Waals surface area (Å²) >= 11 is 0. The van der Waals surface area contributed by atoms with Gasteiger partial charge in [0.05, 0.1) is 19.5 Å². The van der Waals surface area contributed by atoms with Crippen LogP contribution in [0.2, 0.25) is 0 Å². The molecule has 1 N–H and O–H groups in total. The molecule has 0 heterocycles. The Labute approximate surface area is 74.2 Å². The van der Waals surface area contributed by atoms with E-state index in [1.807, 2.05) is 0 Å². The van der Waals surface area contributed by atoms with Gasteiger partial charge in [-0.1, -0.05) is 25.8 Å². The first-order valence-corrected chi connectivity index (χ1v) is 4.66. The highest BCUT2D eigenvalue weighted by molar-refractivity contribution is 4.82. The van der Waals surface area contributed by atoms with Gasteiger partial charge >= 0.3 is 0 Å². The van der Waals surface area contributed by atoms with Crippen LogP contribution < -0.4 is 0 Å². The predicted octanol–water partition coefficient (Wildman–Crippen LogP) is 2.09. The molecule has 0 unspecified atom stereocenters. The highest BCUT2D eigenvalue weighted by Crippen LogP contribution is 2.35. The lowest BCUT2D eigenvalue weighted by Gasteiger charge is -2.34. The Bertz CT molecular complexity index is 137. The molecule has 12 heavy (non-hydrogen) atoms. The third kappa shape index (κ3) is 2.24. The molecule has 0 atom stereocenters. The van der Waals surface area contributed by atoms with Crippen molar-refractivity contribution in [3.63, 3.8) is 0 Å². The molecule has 0 radical (unpaired) electrons. The second-order valence-corrected chi connectivity index (χ2v) is 3.70. The molecule has 2 heteroatoms. The molecule has 0 aromatic carbocycles. The van der Waals surface area contributed by atoms with Crippen LogP contribution in [-0.2, 0) is 4.74 Å². The maximum absolute atomic E-state index is 9.25. The van der Waals surface area contributed by atoms with E-state index in [1.165, 1.54) is 25.5 Å². The average molecular weight is 170 g/mol. The van der Waals surface area contributed by atoms with Crippen LogP contribution in [-0.4, -0.2) is 18.3 Å². The van der Waals surface area contributed by atoms with Gasteiger partial charge in [0.25, 0.3) is 0 Å². The fraction of sp³-hybridized carbons (Fsp3) is 0.800. The van der Waals surface area contributed by atoms with E-state index in [-0.39, 0.29) is 12.0 Å². The van der Waals surface area contributed by atoms with Crippen LogP contribution in [0, 0.1) is 5.41 Å². The normalized spacial score (nSPS) is 21.8. The van der Waals surface area contributed by atoms with Gasteiger partial charge in [-0.15, -0.1) is 0 Å². The molecule has 2 nitrogen and oxygen atoms in total. The summed E-state index contributed by atoms with van der Waals surface area (Å²) in [6.45, 7) is 4.39. The van der Waals surface area contributed by atoms with E-state index in [4.69, 9.17) is 4.74 Å². The van der Waals surface area contributed by atoms with Crippen molar-refractivity contribution in [2.75, 3.05) is 13.2 Å². The summed E-state index contributed by atoms with van der Waals surface area (Å²) in [5.74, 6) is 0. The molecule has 0 aromatic heterocycles. The molecule has 70 valence electrons. The minimum absolute atomic E-state index is 0.0342. The Balaban J connectivity index is 2.41. The minimum atomic E-state index is 0.0342. The Morgan fingerprint density at radius 2 is 2.00 bits per heavy atom. The molecule has 0 saturated heterocycles. The topological polar surface area (TPSA) is 29.5 Å². The first-order chi connectivity index (χ1) is 5.83. The largest absolute Gasteiger partial charge is 0.501 e. The van der Waals surface area contributed by atoms with E-state index >= 15 is 0 Å². The number of rotatable bonds is 4. The van der Waals surface area contributed by atoms with Crippen molar-refractivity contribution in [2.45, 2.75) is 32.1 Å². The third-order valence-corrected chi connectivity index (χ3v) is 2.76. The van der Waals surface area contributed by atoms with E-state index in [9.17, 15) is 5.11 Å². The van der Waals surface area contributed by atoms with Crippen molar-refractivity contribution >= 4 is 0 Å². The minimum Gasteiger partial charge on any atom is -0.501 e. The molecule has 1 fully saturated rings. The van der Waals surface area contributed by atoms with Gasteiger partial charge in [-0.05, 0) is 12.8 Å². The van der Waals surface area contributed by atoms with E-state index in [0.29, 0.717) is 6.61 Å². The molecule has 0 aromatic rings. The van der Waals surface area contributed by atoms with Crippen molar-refractivity contribution in [1.29, 1.82) is 0 Å². The molecule has 1 rings (SSSR count). The summed E-state index contributed by atoms with van der Waals surface area (Å²) in [6, 6.07) is 0. The maximum atomic E-state index is 9.25. The maximum Gasteiger partial charge on any atom is 0.0951 e. The van der Waals surface area contributed by atoms with Crippen LogP contribution in [0.5, 0.6) is 0 Å². The molecular weight excluding hydrogens is 152 g/mol. The molecule has 0 spiro atoms. The van der Waals surface area contributed by atoms with E-state index in [1.54, 1.807) is 0 Å². The van der Waals surface area contributed by atoms with Crippen LogP contribution in [0.1, 0.15) is 32.1 Å². The van der Waals surface area contributed by atoms with Gasteiger partial charge in [-0.25, -0.2) is 0 Å². The molecule has 1 saturated carbocycles. The van der Waals surface area contributed by atoms with Crippen molar-refractivity contribution in [3.8, 4) is 0 Å². The summed E-state index contributed by atoms with van der Waals surface area (Å²) in [5, 5.41) is 9.25. The zero-order valence-corrected chi connectivity index (χ0v) is 7.59. The lowest BCUT2D eigenvalue weighted by Crippen LogP contribution is -2.32. The number of hydrogen-bond acceptors (Lipinski definition) is 2. The van der Waals surface area contributed by atoms with Crippen LogP contribution in [0.15, 0.2) is 12.8 Å². The lowest BCUT2D eigenvalue weighted by molar-refractivity contribution is 0.0168. The van der Waals surface area contributed by atoms with Gasteiger partial charge in [0.2, 0.25) is 0 Å². The van der Waals surface area contributed by atoms with Gasteiger partial charge in [-0.3, -0.25) is 0 Å². The number of aliphatic hydroxyl groups excluding tert-OH is 1. The van der Waals surface area contributed by atoms with Crippen molar-refractivity contribution in [3.05, 3.63) is 12.8 Å². The van der Waals surface area contributed by atoms with Crippen molar-refractivity contribution < 1.29 is 9.84 Å². The van der Waals surface area contributed by atoms with Crippen LogP contribution in [0.4, 0.5) is 0 Å². The second kappa shape index (κ2) is 4.51. The zero-order valence-electron chi connectivity index (χ0n) is 7.59. The standard InChI is InChI=1S/C10H18O2/c1-2-12-9-10(8-11)6-4-3-5-7-10/h2,11H,1,3-9H2. The molecular formula is C10H18O2. The predicted molar refractivity (Wildman–Crippen MR) is 48.8 cm³/mol. The van der Waals surface area contributed by atoms with Crippen LogP contribution >= 0.6 is 0 Å². The Kier molecular flexibility index (Phi) is 3.60. The summed E-state index contributed by atoms with van der Waals surface area (Å²) in [4.78, 5) is 0. The highest BCUT2D eigenvalue weighted by Gasteiger charge is 2.31. The SMILES string of the molecule is C=COCC1(CO)CCCCC1. The van der Waals surface area contributed by atoms with Gasteiger partial charge < -0.3 is 9.84 Å². The molecule has 1 aliphatic rings. The summed E-state index contributed by atoms with van der Waals surface area (Å²) < 4.78 is 5.17. The lowest BCUT2D eigenvalue weighted by atomic mass is 9.75. The quantitative estimate of drug-likeness (QED) is 0.655. The van der Waals surface area contributed by atoms with Crippen molar-refractivity contribution in [2.24, 2.45) is 5.41 Å². The summed E-state index contributed by atoms with van der Waals surface area (Å²) in [5.41, 5.74) is 0.0342. The first kappa shape index (κ1) is 9.59. The molecule has 0 bridgehead atoms. The van der Waals surface area contributed by atoms with Gasteiger partial charge in [0.1, 0.15) is 0 Å². The molecule has 0 aliphatic heterocycles. The third-order valence-electron chi connectivity index (χ3n) is 2.76. The van der Waals surface area contributed by atoms with E-state index in [2.05, 4.69) is 6.58 Å². The Morgan fingerprint density at radius 1 is 1.33 bits per heavy atom.